The standard InChI is InChI=1S/C20H17NO4/c22-12-20(21-19(23)24)8-1-2-16-10-14(5-6-17(16)20)15-4-3-13-7-9-25-18(13)11-15/h1,3-6,8,10-12,21H,2,7,9H2,(H,23,24)/t20-/m1/s1. The molecule has 4 rings (SSSR count). The summed E-state index contributed by atoms with van der Waals surface area (Å²) in [4.78, 5) is 22.8. The van der Waals surface area contributed by atoms with Crippen LogP contribution in [0.25, 0.3) is 11.1 Å². The van der Waals surface area contributed by atoms with Crippen molar-refractivity contribution in [3.63, 3.8) is 0 Å². The maximum absolute atomic E-state index is 11.7. The third-order valence-electron chi connectivity index (χ3n) is 4.80. The van der Waals surface area contributed by atoms with E-state index in [2.05, 4.69) is 17.4 Å². The molecule has 25 heavy (non-hydrogen) atoms. The van der Waals surface area contributed by atoms with Crippen LogP contribution in [0, 0.1) is 0 Å². The number of allylic oxidation sites excluding steroid dienone is 1. The predicted octanol–water partition coefficient (Wildman–Crippen LogP) is 3.06. The van der Waals surface area contributed by atoms with Crippen LogP contribution in [0.1, 0.15) is 16.7 Å². The molecule has 5 heteroatoms. The van der Waals surface area contributed by atoms with Gasteiger partial charge in [-0.15, -0.1) is 0 Å². The van der Waals surface area contributed by atoms with Crippen molar-refractivity contribution >= 4 is 12.4 Å². The molecule has 2 N–H and O–H groups in total. The lowest BCUT2D eigenvalue weighted by atomic mass is 9.81. The average Bonchev–Trinajstić information content (AvgIpc) is 3.08. The Kier molecular flexibility index (Phi) is 3.57. The highest BCUT2D eigenvalue weighted by Crippen LogP contribution is 2.35. The van der Waals surface area contributed by atoms with E-state index in [9.17, 15) is 9.59 Å². The largest absolute Gasteiger partial charge is 0.493 e. The SMILES string of the molecule is O=C[C@]1(NC(=O)O)C=CCc2cc(-c3ccc4c(c3)OCC4)ccc21. The van der Waals surface area contributed by atoms with Crippen molar-refractivity contribution in [2.45, 2.75) is 18.4 Å². The van der Waals surface area contributed by atoms with Gasteiger partial charge >= 0.3 is 6.09 Å². The highest BCUT2D eigenvalue weighted by molar-refractivity contribution is 5.81. The summed E-state index contributed by atoms with van der Waals surface area (Å²) in [5.41, 5.74) is 3.56. The molecule has 1 atom stereocenters. The molecule has 126 valence electrons. The second-order valence-electron chi connectivity index (χ2n) is 6.32. The van der Waals surface area contributed by atoms with Crippen LogP contribution in [-0.4, -0.2) is 24.1 Å². The fourth-order valence-corrected chi connectivity index (χ4v) is 3.57. The third-order valence-corrected chi connectivity index (χ3v) is 4.80. The molecule has 2 aromatic carbocycles. The van der Waals surface area contributed by atoms with E-state index in [0.717, 1.165) is 35.5 Å². The Morgan fingerprint density at radius 1 is 1.16 bits per heavy atom. The van der Waals surface area contributed by atoms with Gasteiger partial charge in [0.25, 0.3) is 0 Å². The Bertz CT molecular complexity index is 903. The zero-order valence-corrected chi connectivity index (χ0v) is 13.5. The van der Waals surface area contributed by atoms with E-state index in [1.54, 1.807) is 6.08 Å². The van der Waals surface area contributed by atoms with Crippen molar-refractivity contribution < 1.29 is 19.4 Å². The van der Waals surface area contributed by atoms with Gasteiger partial charge in [-0.25, -0.2) is 4.79 Å². The van der Waals surface area contributed by atoms with Gasteiger partial charge in [0.2, 0.25) is 0 Å². The first kappa shape index (κ1) is 15.4. The number of ether oxygens (including phenoxy) is 1. The minimum atomic E-state index is -1.32. The summed E-state index contributed by atoms with van der Waals surface area (Å²) < 4.78 is 5.63. The topological polar surface area (TPSA) is 75.6 Å². The van der Waals surface area contributed by atoms with Crippen LogP contribution in [0.15, 0.2) is 48.6 Å². The molecule has 5 nitrogen and oxygen atoms in total. The monoisotopic (exact) mass is 335 g/mol. The van der Waals surface area contributed by atoms with E-state index in [1.807, 2.05) is 30.3 Å². The maximum atomic E-state index is 11.7. The summed E-state index contributed by atoms with van der Waals surface area (Å²) in [6.45, 7) is 0.719. The molecule has 0 unspecified atom stereocenters. The zero-order valence-electron chi connectivity index (χ0n) is 13.5. The molecule has 0 spiro atoms. The van der Waals surface area contributed by atoms with Crippen molar-refractivity contribution in [1.29, 1.82) is 0 Å². The van der Waals surface area contributed by atoms with Gasteiger partial charge in [0, 0.05) is 6.42 Å². The third kappa shape index (κ3) is 2.58. The maximum Gasteiger partial charge on any atom is 0.405 e. The van der Waals surface area contributed by atoms with E-state index >= 15 is 0 Å². The van der Waals surface area contributed by atoms with E-state index in [1.165, 1.54) is 5.56 Å². The van der Waals surface area contributed by atoms with Crippen LogP contribution in [0.2, 0.25) is 0 Å². The van der Waals surface area contributed by atoms with E-state index in [0.29, 0.717) is 18.3 Å². The second-order valence-corrected chi connectivity index (χ2v) is 6.32. The molecule has 0 fully saturated rings. The number of hydrogen-bond acceptors (Lipinski definition) is 3. The van der Waals surface area contributed by atoms with E-state index < -0.39 is 11.6 Å². The number of benzene rings is 2. The quantitative estimate of drug-likeness (QED) is 0.668. The minimum Gasteiger partial charge on any atom is -0.493 e. The first-order chi connectivity index (χ1) is 12.1. The molecule has 0 saturated carbocycles. The van der Waals surface area contributed by atoms with Crippen molar-refractivity contribution in [3.8, 4) is 16.9 Å². The number of aldehydes is 1. The van der Waals surface area contributed by atoms with Gasteiger partial charge in [-0.3, -0.25) is 4.79 Å². The molecule has 0 bridgehead atoms. The van der Waals surface area contributed by atoms with Gasteiger partial charge in [0.05, 0.1) is 6.61 Å². The number of hydrogen-bond donors (Lipinski definition) is 2. The number of amides is 1. The number of nitrogens with one attached hydrogen (secondary N) is 1. The Labute approximate surface area is 144 Å². The van der Waals surface area contributed by atoms with Crippen LogP contribution in [0.4, 0.5) is 4.79 Å². The average molecular weight is 335 g/mol. The lowest BCUT2D eigenvalue weighted by Crippen LogP contribution is -2.46. The number of carbonyl (C=O) groups excluding carboxylic acids is 1. The molecule has 0 aromatic heterocycles. The van der Waals surface area contributed by atoms with E-state index in [4.69, 9.17) is 9.84 Å². The summed E-state index contributed by atoms with van der Waals surface area (Å²) in [5, 5.41) is 11.4. The number of fused-ring (bicyclic) bond motifs is 2. The molecule has 1 amide bonds. The van der Waals surface area contributed by atoms with Crippen molar-refractivity contribution in [3.05, 3.63) is 65.2 Å². The summed E-state index contributed by atoms with van der Waals surface area (Å²) >= 11 is 0. The van der Waals surface area contributed by atoms with Gasteiger partial charge in [0.15, 0.2) is 6.29 Å². The molecule has 1 aliphatic carbocycles. The fraction of sp³-hybridized carbons (Fsp3) is 0.200. The van der Waals surface area contributed by atoms with Gasteiger partial charge in [0.1, 0.15) is 11.3 Å². The van der Waals surface area contributed by atoms with Crippen molar-refractivity contribution in [2.24, 2.45) is 0 Å². The van der Waals surface area contributed by atoms with Crippen molar-refractivity contribution in [1.82, 2.24) is 5.32 Å². The smallest absolute Gasteiger partial charge is 0.405 e. The van der Waals surface area contributed by atoms with Gasteiger partial charge < -0.3 is 15.2 Å². The minimum absolute atomic E-state index is 0.637. The number of rotatable bonds is 3. The molecular weight excluding hydrogens is 318 g/mol. The Balaban J connectivity index is 1.76. The summed E-state index contributed by atoms with van der Waals surface area (Å²) in [6.07, 6.45) is 4.43. The molecule has 2 aromatic rings. The van der Waals surface area contributed by atoms with Crippen molar-refractivity contribution in [2.75, 3.05) is 6.61 Å². The zero-order chi connectivity index (χ0) is 17.4. The first-order valence-electron chi connectivity index (χ1n) is 8.16. The number of carboxylic acid groups (broad SMARTS) is 1. The van der Waals surface area contributed by atoms with Gasteiger partial charge in [-0.05, 0) is 40.3 Å². The van der Waals surface area contributed by atoms with Gasteiger partial charge in [-0.1, -0.05) is 42.5 Å². The number of carbonyl (C=O) groups is 2. The highest BCUT2D eigenvalue weighted by atomic mass is 16.5. The fourth-order valence-electron chi connectivity index (χ4n) is 3.57. The lowest BCUT2D eigenvalue weighted by Gasteiger charge is -2.30. The molecule has 0 saturated heterocycles. The Hall–Kier alpha value is -3.08. The molecule has 0 radical (unpaired) electrons. The van der Waals surface area contributed by atoms with Crippen LogP contribution in [-0.2, 0) is 23.2 Å². The summed E-state index contributed by atoms with van der Waals surface area (Å²) in [7, 11) is 0. The summed E-state index contributed by atoms with van der Waals surface area (Å²) in [5.74, 6) is 0.921. The normalized spacial score (nSPS) is 20.3. The lowest BCUT2D eigenvalue weighted by molar-refractivity contribution is -0.112. The van der Waals surface area contributed by atoms with Crippen LogP contribution < -0.4 is 10.1 Å². The predicted molar refractivity (Wildman–Crippen MR) is 92.8 cm³/mol. The first-order valence-corrected chi connectivity index (χ1v) is 8.16. The van der Waals surface area contributed by atoms with Crippen LogP contribution >= 0.6 is 0 Å². The molecule has 1 aliphatic heterocycles. The molecule has 1 heterocycles. The van der Waals surface area contributed by atoms with Gasteiger partial charge in [-0.2, -0.15) is 0 Å². The molecule has 2 aliphatic rings. The van der Waals surface area contributed by atoms with Crippen LogP contribution in [0.3, 0.4) is 0 Å². The Morgan fingerprint density at radius 2 is 1.96 bits per heavy atom. The summed E-state index contributed by atoms with van der Waals surface area (Å²) in [6, 6.07) is 11.9. The van der Waals surface area contributed by atoms with E-state index in [-0.39, 0.29) is 0 Å². The Morgan fingerprint density at radius 3 is 2.76 bits per heavy atom. The van der Waals surface area contributed by atoms with Crippen LogP contribution in [0.5, 0.6) is 5.75 Å². The second kappa shape index (κ2) is 5.77. The molecular formula is C20H17NO4. The highest BCUT2D eigenvalue weighted by Gasteiger charge is 2.35.